The Morgan fingerprint density at radius 3 is 0.952 bits per heavy atom. The molecule has 0 aromatic carbocycles. The Kier molecular flexibility index (Phi) is 13.1. The second-order valence-corrected chi connectivity index (χ2v) is 6.61. The number of rotatable bonds is 4. The molecule has 1 radical (unpaired) electrons. The molecule has 2 rings (SSSR count). The summed E-state index contributed by atoms with van der Waals surface area (Å²) >= 11 is 0. The van der Waals surface area contributed by atoms with Gasteiger partial charge in [0.2, 0.25) is 0 Å². The molecule has 2 fully saturated rings. The molecule has 0 aromatic rings. The topological polar surface area (TPSA) is 95.2 Å². The largest absolute Gasteiger partial charge is 2.00 e. The van der Waals surface area contributed by atoms with Crippen LogP contribution < -0.4 is 0 Å². The molecule has 2 saturated carbocycles. The molecule has 4 nitrogen and oxygen atoms in total. The molecule has 2 aliphatic carbocycles. The molecular formula is C16H32CuN4-2. The molecule has 0 amide bonds. The molecule has 0 aromatic heterocycles. The van der Waals surface area contributed by atoms with Gasteiger partial charge in [-0.1, -0.05) is 75.0 Å². The van der Waals surface area contributed by atoms with E-state index in [-0.39, 0.29) is 17.1 Å². The van der Waals surface area contributed by atoms with E-state index in [1.807, 2.05) is 0 Å². The number of hydrogen-bond acceptors (Lipinski definition) is 0. The van der Waals surface area contributed by atoms with Crippen LogP contribution in [0.2, 0.25) is 0 Å². The van der Waals surface area contributed by atoms with Crippen LogP contribution in [0.1, 0.15) is 51.4 Å². The number of hydrogen-bond donors (Lipinski definition) is 0. The molecule has 0 aliphatic heterocycles. The molecule has 4 N–H and O–H groups in total. The molecule has 2 aliphatic rings. The number of nitrogens with one attached hydrogen (secondary N) is 4. The molecule has 129 valence electrons. The third-order valence-electron chi connectivity index (χ3n) is 4.94. The van der Waals surface area contributed by atoms with E-state index in [1.54, 1.807) is 0 Å². The van der Waals surface area contributed by atoms with Gasteiger partial charge >= 0.3 is 17.1 Å². The first kappa shape index (κ1) is 21.4. The fraction of sp³-hybridized carbons (Fsp3) is 1.00. The summed E-state index contributed by atoms with van der Waals surface area (Å²) in [6.45, 7) is 2.32. The molecule has 4 atom stereocenters. The average Bonchev–Trinajstić information content (AvgIpc) is 2.55. The van der Waals surface area contributed by atoms with E-state index in [1.165, 1.54) is 38.5 Å². The second-order valence-electron chi connectivity index (χ2n) is 6.61. The maximum Gasteiger partial charge on any atom is 2.00 e. The van der Waals surface area contributed by atoms with E-state index in [2.05, 4.69) is 0 Å². The first-order chi connectivity index (χ1) is 9.73. The van der Waals surface area contributed by atoms with E-state index in [0.717, 1.165) is 12.8 Å². The zero-order chi connectivity index (χ0) is 14.8. The SMILES string of the molecule is [Cu+2].[NH-]CC1CCCC(C[NH-])C1.[NH-]CC1CCCC(C[NH-])C1. The molecule has 0 saturated heterocycles. The smallest absolute Gasteiger partial charge is 0.677 e. The van der Waals surface area contributed by atoms with Gasteiger partial charge in [-0.15, -0.1) is 26.2 Å². The van der Waals surface area contributed by atoms with Crippen molar-refractivity contribution in [3.63, 3.8) is 0 Å². The zero-order valence-electron chi connectivity index (χ0n) is 13.1. The van der Waals surface area contributed by atoms with Gasteiger partial charge < -0.3 is 22.9 Å². The van der Waals surface area contributed by atoms with Gasteiger partial charge in [0.15, 0.2) is 0 Å². The average molecular weight is 344 g/mol. The Morgan fingerprint density at radius 2 is 0.762 bits per heavy atom. The van der Waals surface area contributed by atoms with Gasteiger partial charge in [0.25, 0.3) is 0 Å². The van der Waals surface area contributed by atoms with Crippen molar-refractivity contribution in [1.82, 2.24) is 0 Å². The van der Waals surface area contributed by atoms with Crippen LogP contribution in [-0.4, -0.2) is 26.2 Å². The van der Waals surface area contributed by atoms with Crippen molar-refractivity contribution in [2.45, 2.75) is 51.4 Å². The summed E-state index contributed by atoms with van der Waals surface area (Å²) in [6.07, 6.45) is 9.75. The molecule has 21 heavy (non-hydrogen) atoms. The van der Waals surface area contributed by atoms with E-state index >= 15 is 0 Å². The van der Waals surface area contributed by atoms with E-state index in [4.69, 9.17) is 22.9 Å². The van der Waals surface area contributed by atoms with Crippen molar-refractivity contribution in [2.24, 2.45) is 23.7 Å². The van der Waals surface area contributed by atoms with Gasteiger partial charge in [-0.2, -0.15) is 0 Å². The van der Waals surface area contributed by atoms with Gasteiger partial charge in [0, 0.05) is 0 Å². The van der Waals surface area contributed by atoms with Crippen molar-refractivity contribution in [3.8, 4) is 0 Å². The summed E-state index contributed by atoms with van der Waals surface area (Å²) in [5, 5.41) is 0. The summed E-state index contributed by atoms with van der Waals surface area (Å²) in [4.78, 5) is 0. The standard InChI is InChI=1S/2C8H16N2.Cu/c2*9-5-7-2-1-3-8(4-7)6-10;/h2*7-10H,1-6H2;/q2*-2;+2. The zero-order valence-corrected chi connectivity index (χ0v) is 14.0. The molecule has 0 spiro atoms. The van der Waals surface area contributed by atoms with E-state index in [0.29, 0.717) is 49.9 Å². The van der Waals surface area contributed by atoms with Gasteiger partial charge in [0.1, 0.15) is 0 Å². The normalized spacial score (nSPS) is 32.6. The minimum absolute atomic E-state index is 0. The monoisotopic (exact) mass is 343 g/mol. The van der Waals surface area contributed by atoms with Gasteiger partial charge in [0.05, 0.1) is 0 Å². The maximum absolute atomic E-state index is 7.20. The minimum Gasteiger partial charge on any atom is -0.677 e. The predicted octanol–water partition coefficient (Wildman–Crippen LogP) is 5.79. The molecule has 5 heteroatoms. The van der Waals surface area contributed by atoms with E-state index < -0.39 is 0 Å². The van der Waals surface area contributed by atoms with Crippen LogP contribution in [0.5, 0.6) is 0 Å². The van der Waals surface area contributed by atoms with Crippen LogP contribution >= 0.6 is 0 Å². The Balaban J connectivity index is 0.000000364. The van der Waals surface area contributed by atoms with Gasteiger partial charge in [-0.05, 0) is 0 Å². The first-order valence-electron chi connectivity index (χ1n) is 8.31. The predicted molar refractivity (Wildman–Crippen MR) is 87.7 cm³/mol. The van der Waals surface area contributed by atoms with Gasteiger partial charge in [-0.3, -0.25) is 0 Å². The van der Waals surface area contributed by atoms with Gasteiger partial charge in [-0.25, -0.2) is 0 Å². The first-order valence-corrected chi connectivity index (χ1v) is 8.31. The van der Waals surface area contributed by atoms with Crippen molar-refractivity contribution in [2.75, 3.05) is 26.2 Å². The molecular weight excluding hydrogens is 312 g/mol. The van der Waals surface area contributed by atoms with Crippen LogP contribution in [0.4, 0.5) is 0 Å². The van der Waals surface area contributed by atoms with E-state index in [9.17, 15) is 0 Å². The fourth-order valence-corrected chi connectivity index (χ4v) is 3.55. The maximum atomic E-state index is 7.20. The quantitative estimate of drug-likeness (QED) is 0.577. The molecule has 0 heterocycles. The third-order valence-corrected chi connectivity index (χ3v) is 4.94. The summed E-state index contributed by atoms with van der Waals surface area (Å²) in [6, 6.07) is 0. The van der Waals surface area contributed by atoms with Crippen LogP contribution in [0.15, 0.2) is 0 Å². The van der Waals surface area contributed by atoms with Crippen molar-refractivity contribution in [3.05, 3.63) is 22.9 Å². The Bertz CT molecular complexity index is 196. The van der Waals surface area contributed by atoms with Crippen LogP contribution in [0.3, 0.4) is 0 Å². The summed E-state index contributed by atoms with van der Waals surface area (Å²) < 4.78 is 0. The summed E-state index contributed by atoms with van der Waals surface area (Å²) in [5.41, 5.74) is 28.8. The Morgan fingerprint density at radius 1 is 0.524 bits per heavy atom. The van der Waals surface area contributed by atoms with Crippen molar-refractivity contribution < 1.29 is 17.1 Å². The minimum atomic E-state index is 0. The summed E-state index contributed by atoms with van der Waals surface area (Å²) in [5.74, 6) is 2.46. The molecule has 4 unspecified atom stereocenters. The van der Waals surface area contributed by atoms with Crippen LogP contribution in [0, 0.1) is 23.7 Å². The fourth-order valence-electron chi connectivity index (χ4n) is 3.55. The van der Waals surface area contributed by atoms with Crippen molar-refractivity contribution >= 4 is 0 Å². The Hall–Kier alpha value is 0.359. The molecule has 0 bridgehead atoms. The Labute approximate surface area is 141 Å². The summed E-state index contributed by atoms with van der Waals surface area (Å²) in [7, 11) is 0. The van der Waals surface area contributed by atoms with Crippen LogP contribution in [-0.2, 0) is 17.1 Å². The second kappa shape index (κ2) is 12.9. The van der Waals surface area contributed by atoms with Crippen LogP contribution in [0.25, 0.3) is 22.9 Å². The van der Waals surface area contributed by atoms with Crippen molar-refractivity contribution in [1.29, 1.82) is 0 Å². The third kappa shape index (κ3) is 8.53.